The SMILES string of the molecule is Cc1c(Br)cccc1C(=O)NC(CBr)c1ccccc1. The molecule has 2 rings (SSSR count). The minimum atomic E-state index is -0.0582. The Morgan fingerprint density at radius 1 is 1.15 bits per heavy atom. The summed E-state index contributed by atoms with van der Waals surface area (Å²) in [5, 5.41) is 3.74. The van der Waals surface area contributed by atoms with Crippen molar-refractivity contribution >= 4 is 37.8 Å². The number of carbonyl (C=O) groups is 1. The predicted octanol–water partition coefficient (Wildman–Crippen LogP) is 4.62. The summed E-state index contributed by atoms with van der Waals surface area (Å²) < 4.78 is 0.945. The standard InChI is InChI=1S/C16H15Br2NO/c1-11-13(8-5-9-14(11)18)16(20)19-15(10-17)12-6-3-2-4-7-12/h2-9,15H,10H2,1H3,(H,19,20). The van der Waals surface area contributed by atoms with Crippen LogP contribution in [0.2, 0.25) is 0 Å². The van der Waals surface area contributed by atoms with Crippen molar-refractivity contribution in [3.8, 4) is 0 Å². The zero-order valence-corrected chi connectivity index (χ0v) is 14.2. The lowest BCUT2D eigenvalue weighted by atomic mass is 10.1. The van der Waals surface area contributed by atoms with E-state index in [1.807, 2.05) is 55.5 Å². The highest BCUT2D eigenvalue weighted by Gasteiger charge is 2.16. The summed E-state index contributed by atoms with van der Waals surface area (Å²) in [5.41, 5.74) is 2.73. The highest BCUT2D eigenvalue weighted by Crippen LogP contribution is 2.21. The third-order valence-electron chi connectivity index (χ3n) is 3.17. The summed E-state index contributed by atoms with van der Waals surface area (Å²) in [7, 11) is 0. The van der Waals surface area contributed by atoms with E-state index in [0.717, 1.165) is 15.6 Å². The Hall–Kier alpha value is -1.13. The summed E-state index contributed by atoms with van der Waals surface area (Å²) in [4.78, 5) is 12.4. The topological polar surface area (TPSA) is 29.1 Å². The van der Waals surface area contributed by atoms with Crippen molar-refractivity contribution in [3.05, 3.63) is 69.7 Å². The number of alkyl halides is 1. The molecule has 4 heteroatoms. The van der Waals surface area contributed by atoms with Gasteiger partial charge in [-0.05, 0) is 30.2 Å². The van der Waals surface area contributed by atoms with Gasteiger partial charge in [0.2, 0.25) is 0 Å². The van der Waals surface area contributed by atoms with Gasteiger partial charge in [-0.1, -0.05) is 68.3 Å². The van der Waals surface area contributed by atoms with Crippen LogP contribution in [0.25, 0.3) is 0 Å². The Bertz CT molecular complexity index is 599. The van der Waals surface area contributed by atoms with E-state index in [4.69, 9.17) is 0 Å². The predicted molar refractivity (Wildman–Crippen MR) is 89.3 cm³/mol. The fourth-order valence-electron chi connectivity index (χ4n) is 1.99. The molecule has 0 aliphatic carbocycles. The number of halogens is 2. The molecular weight excluding hydrogens is 382 g/mol. The molecule has 2 aromatic rings. The molecule has 1 amide bonds. The van der Waals surface area contributed by atoms with Gasteiger partial charge in [0.1, 0.15) is 0 Å². The molecule has 0 saturated carbocycles. The number of nitrogens with one attached hydrogen (secondary N) is 1. The average molecular weight is 397 g/mol. The Kier molecular flexibility index (Phi) is 5.38. The Balaban J connectivity index is 2.20. The Morgan fingerprint density at radius 3 is 2.50 bits per heavy atom. The van der Waals surface area contributed by atoms with Crippen LogP contribution in [-0.4, -0.2) is 11.2 Å². The van der Waals surface area contributed by atoms with Crippen molar-refractivity contribution in [3.63, 3.8) is 0 Å². The molecule has 0 aliphatic rings. The van der Waals surface area contributed by atoms with E-state index in [1.54, 1.807) is 0 Å². The van der Waals surface area contributed by atoms with Gasteiger partial charge in [-0.15, -0.1) is 0 Å². The van der Waals surface area contributed by atoms with E-state index >= 15 is 0 Å². The van der Waals surface area contributed by atoms with Gasteiger partial charge in [-0.3, -0.25) is 4.79 Å². The second kappa shape index (κ2) is 7.04. The summed E-state index contributed by atoms with van der Waals surface area (Å²) in [6.07, 6.45) is 0. The van der Waals surface area contributed by atoms with E-state index in [0.29, 0.717) is 10.9 Å². The van der Waals surface area contributed by atoms with Crippen molar-refractivity contribution in [2.24, 2.45) is 0 Å². The molecule has 1 N–H and O–H groups in total. The molecule has 2 nitrogen and oxygen atoms in total. The molecule has 2 aromatic carbocycles. The third kappa shape index (κ3) is 3.49. The first-order valence-corrected chi connectivity index (χ1v) is 8.22. The van der Waals surface area contributed by atoms with Gasteiger partial charge in [-0.2, -0.15) is 0 Å². The van der Waals surface area contributed by atoms with Gasteiger partial charge in [-0.25, -0.2) is 0 Å². The fourth-order valence-corrected chi connectivity index (χ4v) is 2.89. The van der Waals surface area contributed by atoms with Gasteiger partial charge >= 0.3 is 0 Å². The van der Waals surface area contributed by atoms with Gasteiger partial charge in [0.25, 0.3) is 5.91 Å². The highest BCUT2D eigenvalue weighted by molar-refractivity contribution is 9.10. The molecule has 0 fully saturated rings. The molecule has 0 aromatic heterocycles. The Labute approximate surface area is 135 Å². The van der Waals surface area contributed by atoms with Crippen LogP contribution < -0.4 is 5.32 Å². The minimum Gasteiger partial charge on any atom is -0.344 e. The summed E-state index contributed by atoms with van der Waals surface area (Å²) in [6, 6.07) is 15.6. The lowest BCUT2D eigenvalue weighted by molar-refractivity contribution is 0.0940. The molecule has 0 aliphatic heterocycles. The summed E-state index contributed by atoms with van der Waals surface area (Å²) in [6.45, 7) is 1.94. The van der Waals surface area contributed by atoms with Crippen LogP contribution in [0.15, 0.2) is 53.0 Å². The maximum Gasteiger partial charge on any atom is 0.252 e. The number of hydrogen-bond donors (Lipinski definition) is 1. The van der Waals surface area contributed by atoms with Crippen LogP contribution in [0.3, 0.4) is 0 Å². The zero-order valence-electron chi connectivity index (χ0n) is 11.1. The third-order valence-corrected chi connectivity index (χ3v) is 4.68. The summed E-state index contributed by atoms with van der Waals surface area (Å²) in [5.74, 6) is -0.0582. The van der Waals surface area contributed by atoms with Crippen molar-refractivity contribution in [1.82, 2.24) is 5.32 Å². The van der Waals surface area contributed by atoms with Crippen molar-refractivity contribution in [2.75, 3.05) is 5.33 Å². The molecule has 0 spiro atoms. The van der Waals surface area contributed by atoms with E-state index < -0.39 is 0 Å². The summed E-state index contributed by atoms with van der Waals surface area (Å²) >= 11 is 6.92. The lowest BCUT2D eigenvalue weighted by Crippen LogP contribution is -2.30. The van der Waals surface area contributed by atoms with Crippen LogP contribution in [0.5, 0.6) is 0 Å². The second-order valence-corrected chi connectivity index (χ2v) is 6.01. The van der Waals surface area contributed by atoms with Crippen molar-refractivity contribution in [1.29, 1.82) is 0 Å². The van der Waals surface area contributed by atoms with Crippen LogP contribution in [-0.2, 0) is 0 Å². The smallest absolute Gasteiger partial charge is 0.252 e. The van der Waals surface area contributed by atoms with Gasteiger partial charge in [0.15, 0.2) is 0 Å². The van der Waals surface area contributed by atoms with Crippen LogP contribution in [0.4, 0.5) is 0 Å². The maximum absolute atomic E-state index is 12.4. The largest absolute Gasteiger partial charge is 0.344 e. The van der Waals surface area contributed by atoms with Crippen LogP contribution >= 0.6 is 31.9 Å². The van der Waals surface area contributed by atoms with Crippen LogP contribution in [0, 0.1) is 6.92 Å². The lowest BCUT2D eigenvalue weighted by Gasteiger charge is -2.17. The number of benzene rings is 2. The minimum absolute atomic E-state index is 0.0397. The quantitative estimate of drug-likeness (QED) is 0.750. The van der Waals surface area contributed by atoms with E-state index in [2.05, 4.69) is 37.2 Å². The van der Waals surface area contributed by atoms with Gasteiger partial charge in [0.05, 0.1) is 6.04 Å². The van der Waals surface area contributed by atoms with E-state index in [9.17, 15) is 4.79 Å². The first kappa shape index (κ1) is 15.3. The molecule has 0 heterocycles. The second-order valence-electron chi connectivity index (χ2n) is 4.50. The molecule has 1 atom stereocenters. The molecule has 20 heavy (non-hydrogen) atoms. The highest BCUT2D eigenvalue weighted by atomic mass is 79.9. The van der Waals surface area contributed by atoms with E-state index in [1.165, 1.54) is 0 Å². The zero-order chi connectivity index (χ0) is 14.5. The van der Waals surface area contributed by atoms with Crippen molar-refractivity contribution in [2.45, 2.75) is 13.0 Å². The van der Waals surface area contributed by atoms with Crippen molar-refractivity contribution < 1.29 is 4.79 Å². The average Bonchev–Trinajstić information content (AvgIpc) is 2.48. The first-order chi connectivity index (χ1) is 9.63. The normalized spacial score (nSPS) is 11.9. The number of carbonyl (C=O) groups excluding carboxylic acids is 1. The molecule has 0 bridgehead atoms. The molecular formula is C16H15Br2NO. The van der Waals surface area contributed by atoms with Gasteiger partial charge in [0, 0.05) is 15.4 Å². The van der Waals surface area contributed by atoms with Gasteiger partial charge < -0.3 is 5.32 Å². The molecule has 0 saturated heterocycles. The van der Waals surface area contributed by atoms with E-state index in [-0.39, 0.29) is 11.9 Å². The number of hydrogen-bond acceptors (Lipinski definition) is 1. The molecule has 104 valence electrons. The first-order valence-electron chi connectivity index (χ1n) is 6.30. The molecule has 0 radical (unpaired) electrons. The maximum atomic E-state index is 12.4. The fraction of sp³-hybridized carbons (Fsp3) is 0.188. The number of rotatable bonds is 4. The Morgan fingerprint density at radius 2 is 1.85 bits per heavy atom. The molecule has 1 unspecified atom stereocenters. The monoisotopic (exact) mass is 395 g/mol. The number of amides is 1. The van der Waals surface area contributed by atoms with Crippen LogP contribution in [0.1, 0.15) is 27.5 Å².